The summed E-state index contributed by atoms with van der Waals surface area (Å²) in [5.41, 5.74) is 2.92. The minimum Gasteiger partial charge on any atom is -0.490 e. The smallest absolute Gasteiger partial charge is 0.258 e. The number of aromatic nitrogens is 3. The van der Waals surface area contributed by atoms with Crippen LogP contribution >= 0.6 is 0 Å². The van der Waals surface area contributed by atoms with Gasteiger partial charge in [-0.1, -0.05) is 12.1 Å². The first-order valence-corrected chi connectivity index (χ1v) is 9.43. The van der Waals surface area contributed by atoms with Crippen LogP contribution in [0.15, 0.2) is 59.3 Å². The average molecular weight is 359 g/mol. The molecule has 1 aliphatic rings. The van der Waals surface area contributed by atoms with Crippen LogP contribution in [0.25, 0.3) is 33.7 Å². The Labute approximate surface area is 157 Å². The fourth-order valence-electron chi connectivity index (χ4n) is 3.78. The van der Waals surface area contributed by atoms with Crippen LogP contribution in [0, 0.1) is 5.92 Å². The molecule has 5 heteroatoms. The number of hydrogen-bond acceptors (Lipinski definition) is 4. The van der Waals surface area contributed by atoms with Gasteiger partial charge in [-0.05, 0) is 73.7 Å². The molecule has 5 nitrogen and oxygen atoms in total. The van der Waals surface area contributed by atoms with Crippen LogP contribution in [0.3, 0.4) is 0 Å². The number of rotatable bonds is 4. The summed E-state index contributed by atoms with van der Waals surface area (Å²) in [6, 6.07) is 16.0. The SMILES string of the molecule is CC1CCC(Oc2ccc(-c3noc(-c4ccc5[nH]ccc5c4)n3)cc2)C1. The molecule has 2 heterocycles. The molecule has 0 bridgehead atoms. The molecular weight excluding hydrogens is 338 g/mol. The van der Waals surface area contributed by atoms with E-state index in [1.54, 1.807) is 0 Å². The number of aromatic amines is 1. The summed E-state index contributed by atoms with van der Waals surface area (Å²) in [6.07, 6.45) is 5.79. The Morgan fingerprint density at radius 1 is 1.04 bits per heavy atom. The number of H-pyrrole nitrogens is 1. The summed E-state index contributed by atoms with van der Waals surface area (Å²) in [5, 5.41) is 5.26. The highest BCUT2D eigenvalue weighted by Crippen LogP contribution is 2.30. The van der Waals surface area contributed by atoms with Gasteiger partial charge in [0.15, 0.2) is 0 Å². The zero-order valence-corrected chi connectivity index (χ0v) is 15.2. The third-order valence-electron chi connectivity index (χ3n) is 5.29. The van der Waals surface area contributed by atoms with E-state index in [0.717, 1.165) is 46.5 Å². The van der Waals surface area contributed by atoms with Crippen LogP contribution in [-0.4, -0.2) is 21.2 Å². The van der Waals surface area contributed by atoms with Crippen molar-refractivity contribution in [1.82, 2.24) is 15.1 Å². The molecule has 1 fully saturated rings. The van der Waals surface area contributed by atoms with Crippen LogP contribution in [-0.2, 0) is 0 Å². The van der Waals surface area contributed by atoms with E-state index in [0.29, 0.717) is 17.8 Å². The second-order valence-electron chi connectivity index (χ2n) is 7.39. The molecule has 136 valence electrons. The van der Waals surface area contributed by atoms with Crippen LogP contribution in [0.2, 0.25) is 0 Å². The van der Waals surface area contributed by atoms with Gasteiger partial charge in [0.1, 0.15) is 5.75 Å². The average Bonchev–Trinajstić information content (AvgIpc) is 3.42. The van der Waals surface area contributed by atoms with Gasteiger partial charge in [0.2, 0.25) is 5.82 Å². The molecule has 0 radical (unpaired) electrons. The second kappa shape index (κ2) is 6.58. The van der Waals surface area contributed by atoms with Gasteiger partial charge in [-0.2, -0.15) is 4.98 Å². The molecule has 1 saturated carbocycles. The quantitative estimate of drug-likeness (QED) is 0.526. The molecule has 0 spiro atoms. The summed E-state index contributed by atoms with van der Waals surface area (Å²) in [6.45, 7) is 2.29. The van der Waals surface area contributed by atoms with Crippen molar-refractivity contribution in [3.63, 3.8) is 0 Å². The van der Waals surface area contributed by atoms with E-state index < -0.39 is 0 Å². The van der Waals surface area contributed by atoms with E-state index in [9.17, 15) is 0 Å². The van der Waals surface area contributed by atoms with Gasteiger partial charge in [0.25, 0.3) is 5.89 Å². The van der Waals surface area contributed by atoms with Gasteiger partial charge in [-0.3, -0.25) is 0 Å². The number of hydrogen-bond donors (Lipinski definition) is 1. The molecule has 0 amide bonds. The molecular formula is C22H21N3O2. The van der Waals surface area contributed by atoms with Crippen LogP contribution in [0.4, 0.5) is 0 Å². The van der Waals surface area contributed by atoms with Gasteiger partial charge in [0.05, 0.1) is 6.10 Å². The van der Waals surface area contributed by atoms with E-state index >= 15 is 0 Å². The third kappa shape index (κ3) is 3.21. The molecule has 2 aromatic heterocycles. The Bertz CT molecular complexity index is 1060. The Hall–Kier alpha value is -3.08. The van der Waals surface area contributed by atoms with Crippen molar-refractivity contribution in [1.29, 1.82) is 0 Å². The number of benzene rings is 2. The molecule has 0 aliphatic heterocycles. The zero-order chi connectivity index (χ0) is 18.2. The van der Waals surface area contributed by atoms with Crippen molar-refractivity contribution in [2.45, 2.75) is 32.3 Å². The first kappa shape index (κ1) is 16.1. The van der Waals surface area contributed by atoms with Gasteiger partial charge in [-0.15, -0.1) is 0 Å². The fraction of sp³-hybridized carbons (Fsp3) is 0.273. The maximum Gasteiger partial charge on any atom is 0.258 e. The highest BCUT2D eigenvalue weighted by atomic mass is 16.5. The summed E-state index contributed by atoms with van der Waals surface area (Å²) in [7, 11) is 0. The Kier molecular flexibility index (Phi) is 3.93. The lowest BCUT2D eigenvalue weighted by molar-refractivity contribution is 0.205. The molecule has 0 saturated heterocycles. The first-order chi connectivity index (χ1) is 13.2. The Morgan fingerprint density at radius 2 is 1.89 bits per heavy atom. The molecule has 5 rings (SSSR count). The highest BCUT2D eigenvalue weighted by molar-refractivity contribution is 5.83. The molecule has 1 aliphatic carbocycles. The van der Waals surface area contributed by atoms with Crippen molar-refractivity contribution in [2.24, 2.45) is 5.92 Å². The van der Waals surface area contributed by atoms with Crippen molar-refractivity contribution < 1.29 is 9.26 Å². The highest BCUT2D eigenvalue weighted by Gasteiger charge is 2.22. The molecule has 1 N–H and O–H groups in total. The minimum absolute atomic E-state index is 0.339. The lowest BCUT2D eigenvalue weighted by Crippen LogP contribution is -2.11. The van der Waals surface area contributed by atoms with E-state index in [4.69, 9.17) is 9.26 Å². The van der Waals surface area contributed by atoms with Crippen LogP contribution in [0.5, 0.6) is 5.75 Å². The monoisotopic (exact) mass is 359 g/mol. The maximum atomic E-state index is 6.08. The molecule has 2 unspecified atom stereocenters. The molecule has 27 heavy (non-hydrogen) atoms. The second-order valence-corrected chi connectivity index (χ2v) is 7.39. The van der Waals surface area contributed by atoms with E-state index in [1.165, 1.54) is 6.42 Å². The predicted molar refractivity (Wildman–Crippen MR) is 104 cm³/mol. The minimum atomic E-state index is 0.339. The lowest BCUT2D eigenvalue weighted by atomic mass is 10.1. The molecule has 2 atom stereocenters. The van der Waals surface area contributed by atoms with Crippen molar-refractivity contribution in [3.8, 4) is 28.6 Å². The molecule has 4 aromatic rings. The summed E-state index contributed by atoms with van der Waals surface area (Å²) in [5.74, 6) is 2.77. The largest absolute Gasteiger partial charge is 0.490 e. The van der Waals surface area contributed by atoms with Crippen LogP contribution < -0.4 is 4.74 Å². The topological polar surface area (TPSA) is 63.9 Å². The fourth-order valence-corrected chi connectivity index (χ4v) is 3.78. The Morgan fingerprint density at radius 3 is 2.70 bits per heavy atom. The number of fused-ring (bicyclic) bond motifs is 1. The number of nitrogens with zero attached hydrogens (tertiary/aromatic N) is 2. The third-order valence-corrected chi connectivity index (χ3v) is 5.29. The van der Waals surface area contributed by atoms with Gasteiger partial charge >= 0.3 is 0 Å². The normalized spacial score (nSPS) is 19.6. The lowest BCUT2D eigenvalue weighted by Gasteiger charge is -2.13. The summed E-state index contributed by atoms with van der Waals surface area (Å²) in [4.78, 5) is 7.74. The zero-order valence-electron chi connectivity index (χ0n) is 15.2. The summed E-state index contributed by atoms with van der Waals surface area (Å²) >= 11 is 0. The van der Waals surface area contributed by atoms with Crippen molar-refractivity contribution in [2.75, 3.05) is 0 Å². The van der Waals surface area contributed by atoms with Gasteiger partial charge in [-0.25, -0.2) is 0 Å². The van der Waals surface area contributed by atoms with Crippen molar-refractivity contribution in [3.05, 3.63) is 54.7 Å². The number of nitrogens with one attached hydrogen (secondary N) is 1. The summed E-state index contributed by atoms with van der Waals surface area (Å²) < 4.78 is 11.6. The maximum absolute atomic E-state index is 6.08. The number of ether oxygens (including phenoxy) is 1. The van der Waals surface area contributed by atoms with Crippen LogP contribution in [0.1, 0.15) is 26.2 Å². The van der Waals surface area contributed by atoms with E-state index in [1.807, 2.05) is 54.7 Å². The van der Waals surface area contributed by atoms with Crippen molar-refractivity contribution >= 4 is 10.9 Å². The van der Waals surface area contributed by atoms with E-state index in [2.05, 4.69) is 22.0 Å². The predicted octanol–water partition coefficient (Wildman–Crippen LogP) is 5.45. The first-order valence-electron chi connectivity index (χ1n) is 9.43. The Balaban J connectivity index is 1.34. The standard InChI is InChI=1S/C22H21N3O2/c1-14-2-6-19(12-14)26-18-7-3-15(4-8-18)21-24-22(27-25-21)17-5-9-20-16(13-17)10-11-23-20/h3-5,7-11,13-14,19,23H,2,6,12H2,1H3. The molecule has 2 aromatic carbocycles. The van der Waals surface area contributed by atoms with Gasteiger partial charge < -0.3 is 14.2 Å². The van der Waals surface area contributed by atoms with Gasteiger partial charge in [0, 0.05) is 28.2 Å². The van der Waals surface area contributed by atoms with E-state index in [-0.39, 0.29) is 0 Å².